The second kappa shape index (κ2) is 5.39. The summed E-state index contributed by atoms with van der Waals surface area (Å²) in [6, 6.07) is 1.09. The lowest BCUT2D eigenvalue weighted by atomic mass is 9.97. The standard InChI is InChI=1S/C12H13F3N2O/c13-8-5-9(14)11(10(15)6-8)17-12(18)7-1-3-16-4-2-7/h5-7,16H,1-4H2,(H,17,18). The summed E-state index contributed by atoms with van der Waals surface area (Å²) in [4.78, 5) is 11.8. The summed E-state index contributed by atoms with van der Waals surface area (Å²) >= 11 is 0. The summed E-state index contributed by atoms with van der Waals surface area (Å²) < 4.78 is 39.4. The van der Waals surface area contributed by atoms with Gasteiger partial charge in [-0.2, -0.15) is 0 Å². The molecule has 0 unspecified atom stereocenters. The third-order valence-corrected chi connectivity index (χ3v) is 2.97. The summed E-state index contributed by atoms with van der Waals surface area (Å²) in [5, 5.41) is 5.28. The van der Waals surface area contributed by atoms with E-state index >= 15 is 0 Å². The van der Waals surface area contributed by atoms with Crippen LogP contribution < -0.4 is 10.6 Å². The molecular weight excluding hydrogens is 245 g/mol. The van der Waals surface area contributed by atoms with Crippen molar-refractivity contribution in [2.75, 3.05) is 18.4 Å². The van der Waals surface area contributed by atoms with Crippen molar-refractivity contribution in [2.24, 2.45) is 5.92 Å². The molecule has 1 saturated heterocycles. The number of rotatable bonds is 2. The summed E-state index contributed by atoms with van der Waals surface area (Å²) in [6.07, 6.45) is 1.24. The van der Waals surface area contributed by atoms with Gasteiger partial charge in [-0.05, 0) is 25.9 Å². The molecule has 0 aliphatic carbocycles. The number of nitrogens with one attached hydrogen (secondary N) is 2. The maximum absolute atomic E-state index is 13.3. The van der Waals surface area contributed by atoms with Crippen LogP contribution in [0.5, 0.6) is 0 Å². The van der Waals surface area contributed by atoms with Crippen LogP contribution in [-0.2, 0) is 4.79 Å². The monoisotopic (exact) mass is 258 g/mol. The number of hydrogen-bond acceptors (Lipinski definition) is 2. The van der Waals surface area contributed by atoms with E-state index in [9.17, 15) is 18.0 Å². The lowest BCUT2D eigenvalue weighted by Gasteiger charge is -2.22. The molecule has 18 heavy (non-hydrogen) atoms. The Hall–Kier alpha value is -1.56. The predicted molar refractivity (Wildman–Crippen MR) is 60.5 cm³/mol. The van der Waals surface area contributed by atoms with Gasteiger partial charge >= 0.3 is 0 Å². The van der Waals surface area contributed by atoms with E-state index in [-0.39, 0.29) is 5.92 Å². The minimum absolute atomic E-state index is 0.268. The first-order valence-electron chi connectivity index (χ1n) is 5.74. The van der Waals surface area contributed by atoms with Gasteiger partial charge in [-0.15, -0.1) is 0 Å². The molecule has 1 heterocycles. The molecule has 2 N–H and O–H groups in total. The van der Waals surface area contributed by atoms with Crippen LogP contribution in [-0.4, -0.2) is 19.0 Å². The molecule has 0 atom stereocenters. The molecular formula is C12H13F3N2O. The van der Waals surface area contributed by atoms with Gasteiger partial charge < -0.3 is 10.6 Å². The fraction of sp³-hybridized carbons (Fsp3) is 0.417. The first-order chi connectivity index (χ1) is 8.58. The van der Waals surface area contributed by atoms with Crippen LogP contribution in [0.1, 0.15) is 12.8 Å². The minimum atomic E-state index is -1.10. The van der Waals surface area contributed by atoms with E-state index in [0.29, 0.717) is 38.1 Å². The Morgan fingerprint density at radius 2 is 1.72 bits per heavy atom. The van der Waals surface area contributed by atoms with Crippen molar-refractivity contribution in [3.63, 3.8) is 0 Å². The molecule has 1 aliphatic heterocycles. The summed E-state index contributed by atoms with van der Waals surface area (Å²) in [5.74, 6) is -3.91. The van der Waals surface area contributed by atoms with Crippen molar-refractivity contribution in [2.45, 2.75) is 12.8 Å². The van der Waals surface area contributed by atoms with Gasteiger partial charge in [-0.3, -0.25) is 4.79 Å². The topological polar surface area (TPSA) is 41.1 Å². The smallest absolute Gasteiger partial charge is 0.227 e. The summed E-state index contributed by atoms with van der Waals surface area (Å²) in [7, 11) is 0. The summed E-state index contributed by atoms with van der Waals surface area (Å²) in [6.45, 7) is 1.40. The molecule has 1 aliphatic rings. The highest BCUT2D eigenvalue weighted by Gasteiger charge is 2.23. The molecule has 1 aromatic rings. The lowest BCUT2D eigenvalue weighted by molar-refractivity contribution is -0.120. The van der Waals surface area contributed by atoms with Crippen LogP contribution in [0.15, 0.2) is 12.1 Å². The highest BCUT2D eigenvalue weighted by Crippen LogP contribution is 2.22. The van der Waals surface area contributed by atoms with Gasteiger partial charge in [0, 0.05) is 18.1 Å². The largest absolute Gasteiger partial charge is 0.321 e. The Morgan fingerprint density at radius 3 is 2.28 bits per heavy atom. The van der Waals surface area contributed by atoms with Crippen molar-refractivity contribution in [1.29, 1.82) is 0 Å². The van der Waals surface area contributed by atoms with E-state index in [2.05, 4.69) is 10.6 Å². The molecule has 1 amide bonds. The van der Waals surface area contributed by atoms with Gasteiger partial charge in [0.1, 0.15) is 11.5 Å². The van der Waals surface area contributed by atoms with E-state index in [1.54, 1.807) is 0 Å². The van der Waals surface area contributed by atoms with Crippen LogP contribution in [0.25, 0.3) is 0 Å². The quantitative estimate of drug-likeness (QED) is 0.852. The van der Waals surface area contributed by atoms with Gasteiger partial charge in [-0.25, -0.2) is 13.2 Å². The Labute approximate surface area is 102 Å². The molecule has 6 heteroatoms. The molecule has 0 bridgehead atoms. The Kier molecular flexibility index (Phi) is 3.86. The zero-order valence-electron chi connectivity index (χ0n) is 9.60. The van der Waals surface area contributed by atoms with Crippen molar-refractivity contribution in [3.8, 4) is 0 Å². The van der Waals surface area contributed by atoms with Gasteiger partial charge in [0.25, 0.3) is 0 Å². The number of amides is 1. The molecule has 1 aromatic carbocycles. The fourth-order valence-electron chi connectivity index (χ4n) is 1.97. The zero-order chi connectivity index (χ0) is 13.1. The maximum atomic E-state index is 13.3. The number of carbonyl (C=O) groups is 1. The third-order valence-electron chi connectivity index (χ3n) is 2.97. The van der Waals surface area contributed by atoms with Crippen molar-refractivity contribution < 1.29 is 18.0 Å². The van der Waals surface area contributed by atoms with Crippen LogP contribution >= 0.6 is 0 Å². The van der Waals surface area contributed by atoms with E-state index in [4.69, 9.17) is 0 Å². The van der Waals surface area contributed by atoms with Crippen LogP contribution in [0.2, 0.25) is 0 Å². The zero-order valence-corrected chi connectivity index (χ0v) is 9.60. The second-order valence-electron chi connectivity index (χ2n) is 4.26. The number of piperidine rings is 1. The number of hydrogen-bond donors (Lipinski definition) is 2. The SMILES string of the molecule is O=C(Nc1c(F)cc(F)cc1F)C1CCNCC1. The first kappa shape index (κ1) is 12.9. The van der Waals surface area contributed by atoms with Gasteiger partial charge in [0.2, 0.25) is 5.91 Å². The van der Waals surface area contributed by atoms with E-state index in [1.807, 2.05) is 0 Å². The second-order valence-corrected chi connectivity index (χ2v) is 4.26. The lowest BCUT2D eigenvalue weighted by Crippen LogP contribution is -2.35. The molecule has 2 rings (SSSR count). The van der Waals surface area contributed by atoms with Gasteiger partial charge in [0.15, 0.2) is 11.6 Å². The van der Waals surface area contributed by atoms with Crippen LogP contribution in [0.4, 0.5) is 18.9 Å². The fourth-order valence-corrected chi connectivity index (χ4v) is 1.97. The van der Waals surface area contributed by atoms with Gasteiger partial charge in [0.05, 0.1) is 0 Å². The van der Waals surface area contributed by atoms with Crippen LogP contribution in [0.3, 0.4) is 0 Å². The predicted octanol–water partition coefficient (Wildman–Crippen LogP) is 2.04. The molecule has 98 valence electrons. The van der Waals surface area contributed by atoms with E-state index in [1.165, 1.54) is 0 Å². The molecule has 0 spiro atoms. The number of carbonyl (C=O) groups excluding carboxylic acids is 1. The van der Waals surface area contributed by atoms with Crippen molar-refractivity contribution >= 4 is 11.6 Å². The number of halogens is 3. The summed E-state index contributed by atoms with van der Waals surface area (Å²) in [5.41, 5.74) is -0.583. The molecule has 0 aromatic heterocycles. The average Bonchev–Trinajstić information content (AvgIpc) is 2.34. The highest BCUT2D eigenvalue weighted by molar-refractivity contribution is 5.92. The van der Waals surface area contributed by atoms with Crippen molar-refractivity contribution in [1.82, 2.24) is 5.32 Å². The average molecular weight is 258 g/mol. The molecule has 0 saturated carbocycles. The first-order valence-corrected chi connectivity index (χ1v) is 5.74. The molecule has 0 radical (unpaired) electrons. The number of benzene rings is 1. The van der Waals surface area contributed by atoms with Gasteiger partial charge in [-0.1, -0.05) is 0 Å². The third kappa shape index (κ3) is 2.81. The van der Waals surface area contributed by atoms with Crippen molar-refractivity contribution in [3.05, 3.63) is 29.6 Å². The molecule has 1 fully saturated rings. The minimum Gasteiger partial charge on any atom is -0.321 e. The highest BCUT2D eigenvalue weighted by atomic mass is 19.1. The Bertz CT molecular complexity index is 436. The Morgan fingerprint density at radius 1 is 1.17 bits per heavy atom. The number of anilines is 1. The normalized spacial score (nSPS) is 16.6. The van der Waals surface area contributed by atoms with Crippen LogP contribution in [0, 0.1) is 23.4 Å². The van der Waals surface area contributed by atoms with E-state index in [0.717, 1.165) is 0 Å². The molecule has 3 nitrogen and oxygen atoms in total. The maximum Gasteiger partial charge on any atom is 0.227 e. The van der Waals surface area contributed by atoms with E-state index < -0.39 is 29.0 Å². The Balaban J connectivity index is 2.11.